The standard InChI is InChI=1S/C12H12BrCl2NO4S/c1-20-12(17)9-4-5-16(9)21(18,19)10-3-2-8(14)7(6-13)11(10)15/h2-3,9H,4-6H2,1H3/t9-/m0/s1. The molecular formula is C12H12BrCl2NO4S. The fraction of sp³-hybridized carbons (Fsp3) is 0.417. The van der Waals surface area contributed by atoms with E-state index in [2.05, 4.69) is 20.7 Å². The van der Waals surface area contributed by atoms with Gasteiger partial charge in [-0.2, -0.15) is 4.31 Å². The second kappa shape index (κ2) is 6.42. The molecule has 0 unspecified atom stereocenters. The smallest absolute Gasteiger partial charge is 0.324 e. The molecule has 0 N–H and O–H groups in total. The van der Waals surface area contributed by atoms with Crippen molar-refractivity contribution in [2.45, 2.75) is 22.7 Å². The SMILES string of the molecule is COC(=O)[C@@H]1CCN1S(=O)(=O)c1ccc(Cl)c(CBr)c1Cl. The number of nitrogens with zero attached hydrogens (tertiary/aromatic N) is 1. The third-order valence-electron chi connectivity index (χ3n) is 3.31. The maximum absolute atomic E-state index is 12.6. The Hall–Kier alpha value is -0.340. The summed E-state index contributed by atoms with van der Waals surface area (Å²) in [6, 6.07) is 2.03. The molecule has 0 aliphatic carbocycles. The number of halogens is 3. The minimum atomic E-state index is -3.87. The summed E-state index contributed by atoms with van der Waals surface area (Å²) in [5.74, 6) is -0.573. The zero-order valence-corrected chi connectivity index (χ0v) is 14.9. The van der Waals surface area contributed by atoms with E-state index in [1.165, 1.54) is 19.2 Å². The molecule has 1 fully saturated rings. The quantitative estimate of drug-likeness (QED) is 0.559. The molecule has 0 saturated carbocycles. The van der Waals surface area contributed by atoms with Crippen molar-refractivity contribution in [3.05, 3.63) is 27.7 Å². The fourth-order valence-electron chi connectivity index (χ4n) is 2.05. The highest BCUT2D eigenvalue weighted by atomic mass is 79.9. The Balaban J connectivity index is 2.44. The second-order valence-corrected chi connectivity index (χ2v) is 7.62. The Labute approximate surface area is 141 Å². The molecule has 0 spiro atoms. The van der Waals surface area contributed by atoms with Crippen molar-refractivity contribution in [2.75, 3.05) is 13.7 Å². The topological polar surface area (TPSA) is 63.7 Å². The lowest BCUT2D eigenvalue weighted by Crippen LogP contribution is -2.55. The maximum atomic E-state index is 12.6. The highest BCUT2D eigenvalue weighted by Gasteiger charge is 2.44. The highest BCUT2D eigenvalue weighted by Crippen LogP contribution is 2.36. The number of esters is 1. The van der Waals surface area contributed by atoms with E-state index in [-0.39, 0.29) is 16.5 Å². The highest BCUT2D eigenvalue weighted by molar-refractivity contribution is 9.08. The largest absolute Gasteiger partial charge is 0.468 e. The number of sulfonamides is 1. The first-order chi connectivity index (χ1) is 9.84. The van der Waals surface area contributed by atoms with E-state index in [1.54, 1.807) is 0 Å². The molecular weight excluding hydrogens is 405 g/mol. The molecule has 1 aromatic rings. The number of ether oxygens (including phenoxy) is 1. The summed E-state index contributed by atoms with van der Waals surface area (Å²) in [4.78, 5) is 11.5. The Morgan fingerprint density at radius 3 is 2.62 bits per heavy atom. The first-order valence-corrected chi connectivity index (χ1v) is 9.28. The van der Waals surface area contributed by atoms with Gasteiger partial charge in [0.15, 0.2) is 0 Å². The van der Waals surface area contributed by atoms with E-state index < -0.39 is 22.0 Å². The van der Waals surface area contributed by atoms with Crippen LogP contribution in [0.4, 0.5) is 0 Å². The van der Waals surface area contributed by atoms with E-state index >= 15 is 0 Å². The zero-order valence-electron chi connectivity index (χ0n) is 11.0. The van der Waals surface area contributed by atoms with Gasteiger partial charge < -0.3 is 4.74 Å². The molecule has 0 radical (unpaired) electrons. The Bertz CT molecular complexity index is 680. The molecule has 5 nitrogen and oxygen atoms in total. The van der Waals surface area contributed by atoms with Crippen molar-refractivity contribution in [3.8, 4) is 0 Å². The van der Waals surface area contributed by atoms with Gasteiger partial charge in [0.25, 0.3) is 0 Å². The molecule has 0 amide bonds. The van der Waals surface area contributed by atoms with Gasteiger partial charge >= 0.3 is 5.97 Å². The van der Waals surface area contributed by atoms with Gasteiger partial charge in [-0.05, 0) is 18.6 Å². The molecule has 1 heterocycles. The summed E-state index contributed by atoms with van der Waals surface area (Å²) in [6.45, 7) is 0.255. The number of hydrogen-bond donors (Lipinski definition) is 0. The lowest BCUT2D eigenvalue weighted by molar-refractivity contribution is -0.148. The normalized spacial score (nSPS) is 19.1. The third-order valence-corrected chi connectivity index (χ3v) is 6.72. The summed E-state index contributed by atoms with van der Waals surface area (Å²) in [5.41, 5.74) is 0.495. The van der Waals surface area contributed by atoms with Gasteiger partial charge in [-0.25, -0.2) is 8.42 Å². The van der Waals surface area contributed by atoms with Crippen molar-refractivity contribution in [2.24, 2.45) is 0 Å². The number of methoxy groups -OCH3 is 1. The van der Waals surface area contributed by atoms with Crippen LogP contribution in [0.3, 0.4) is 0 Å². The predicted octanol–water partition coefficient (Wildman–Crippen LogP) is 2.82. The van der Waals surface area contributed by atoms with Crippen LogP contribution in [0.25, 0.3) is 0 Å². The molecule has 1 saturated heterocycles. The van der Waals surface area contributed by atoms with Crippen LogP contribution in [0, 0.1) is 0 Å². The number of hydrogen-bond acceptors (Lipinski definition) is 4. The Kier molecular flexibility index (Phi) is 5.20. The summed E-state index contributed by atoms with van der Waals surface area (Å²) >= 11 is 15.4. The van der Waals surface area contributed by atoms with Gasteiger partial charge in [0, 0.05) is 22.5 Å². The van der Waals surface area contributed by atoms with Gasteiger partial charge in [-0.15, -0.1) is 0 Å². The third kappa shape index (κ3) is 2.94. The lowest BCUT2D eigenvalue weighted by atomic mass is 10.1. The van der Waals surface area contributed by atoms with Gasteiger partial charge in [-0.3, -0.25) is 4.79 Å². The maximum Gasteiger partial charge on any atom is 0.324 e. The summed E-state index contributed by atoms with van der Waals surface area (Å²) < 4.78 is 30.9. The molecule has 0 aromatic heterocycles. The first-order valence-electron chi connectivity index (χ1n) is 5.97. The summed E-state index contributed by atoms with van der Waals surface area (Å²) in [7, 11) is -2.64. The zero-order chi connectivity index (χ0) is 15.8. The van der Waals surface area contributed by atoms with Crippen LogP contribution in [-0.4, -0.2) is 38.4 Å². The molecule has 1 aliphatic heterocycles. The summed E-state index contributed by atoms with van der Waals surface area (Å²) in [6.07, 6.45) is 0.433. The van der Waals surface area contributed by atoms with Crippen molar-refractivity contribution >= 4 is 55.1 Å². The van der Waals surface area contributed by atoms with Crippen molar-refractivity contribution in [3.63, 3.8) is 0 Å². The van der Waals surface area contributed by atoms with Gasteiger partial charge in [0.2, 0.25) is 10.0 Å². The fourth-order valence-corrected chi connectivity index (χ4v) is 5.46. The van der Waals surface area contributed by atoms with Crippen molar-refractivity contribution in [1.29, 1.82) is 0 Å². The van der Waals surface area contributed by atoms with Crippen molar-refractivity contribution < 1.29 is 17.9 Å². The van der Waals surface area contributed by atoms with Crippen LogP contribution in [0.2, 0.25) is 10.0 Å². The predicted molar refractivity (Wildman–Crippen MR) is 83.4 cm³/mol. The van der Waals surface area contributed by atoms with Crippen LogP contribution >= 0.6 is 39.1 Å². The Morgan fingerprint density at radius 1 is 1.48 bits per heavy atom. The van der Waals surface area contributed by atoms with Crippen LogP contribution in [0.15, 0.2) is 17.0 Å². The van der Waals surface area contributed by atoms with Crippen LogP contribution in [-0.2, 0) is 24.9 Å². The minimum absolute atomic E-state index is 0.0587. The Morgan fingerprint density at radius 2 is 2.14 bits per heavy atom. The van der Waals surface area contributed by atoms with Crippen LogP contribution in [0.5, 0.6) is 0 Å². The van der Waals surface area contributed by atoms with Gasteiger partial charge in [0.1, 0.15) is 10.9 Å². The molecule has 2 rings (SSSR count). The van der Waals surface area contributed by atoms with E-state index in [4.69, 9.17) is 23.2 Å². The van der Waals surface area contributed by atoms with Gasteiger partial charge in [-0.1, -0.05) is 39.1 Å². The molecule has 116 valence electrons. The number of carbonyl (C=O) groups excluding carboxylic acids is 1. The number of alkyl halides is 1. The molecule has 9 heteroatoms. The van der Waals surface area contributed by atoms with E-state index in [0.29, 0.717) is 22.3 Å². The average molecular weight is 417 g/mol. The van der Waals surface area contributed by atoms with Crippen molar-refractivity contribution in [1.82, 2.24) is 4.31 Å². The number of rotatable bonds is 4. The monoisotopic (exact) mass is 415 g/mol. The van der Waals surface area contributed by atoms with Crippen LogP contribution in [0.1, 0.15) is 12.0 Å². The molecule has 0 bridgehead atoms. The minimum Gasteiger partial charge on any atom is -0.468 e. The van der Waals surface area contributed by atoms with E-state index in [9.17, 15) is 13.2 Å². The average Bonchev–Trinajstić information content (AvgIpc) is 2.36. The first kappa shape index (κ1) is 17.0. The molecule has 21 heavy (non-hydrogen) atoms. The number of benzene rings is 1. The van der Waals surface area contributed by atoms with E-state index in [0.717, 1.165) is 4.31 Å². The molecule has 1 atom stereocenters. The van der Waals surface area contributed by atoms with Crippen LogP contribution < -0.4 is 0 Å². The number of carbonyl (C=O) groups is 1. The second-order valence-electron chi connectivity index (χ2n) is 4.42. The lowest BCUT2D eigenvalue weighted by Gasteiger charge is -2.37. The van der Waals surface area contributed by atoms with E-state index in [1.807, 2.05) is 0 Å². The van der Waals surface area contributed by atoms with Gasteiger partial charge in [0.05, 0.1) is 12.1 Å². The molecule has 1 aromatic carbocycles. The summed E-state index contributed by atoms with van der Waals surface area (Å²) in [5, 5.41) is 0.771. The molecule has 1 aliphatic rings.